The van der Waals surface area contributed by atoms with Crippen molar-refractivity contribution in [1.29, 1.82) is 0 Å². The summed E-state index contributed by atoms with van der Waals surface area (Å²) in [5, 5.41) is 5.61. The summed E-state index contributed by atoms with van der Waals surface area (Å²) in [5.41, 5.74) is 1.46. The molecule has 0 radical (unpaired) electrons. The van der Waals surface area contributed by atoms with Gasteiger partial charge in [-0.1, -0.05) is 0 Å². The van der Waals surface area contributed by atoms with E-state index in [0.717, 1.165) is 13.1 Å². The topological polar surface area (TPSA) is 15.3 Å². The van der Waals surface area contributed by atoms with Gasteiger partial charge in [0.15, 0.2) is 0 Å². The van der Waals surface area contributed by atoms with E-state index < -0.39 is 0 Å². The number of thiophene rings is 1. The molecule has 1 aliphatic rings. The van der Waals surface area contributed by atoms with E-state index in [2.05, 4.69) is 37.6 Å². The molecule has 14 heavy (non-hydrogen) atoms. The third-order valence-electron chi connectivity index (χ3n) is 2.55. The SMILES string of the molecule is Brc1cc(CCN2CCNCC2)cs1. The summed E-state index contributed by atoms with van der Waals surface area (Å²) in [6.07, 6.45) is 1.18. The number of nitrogens with zero attached hydrogens (tertiary/aromatic N) is 1. The van der Waals surface area contributed by atoms with Crippen molar-refractivity contribution in [2.75, 3.05) is 32.7 Å². The Morgan fingerprint density at radius 1 is 1.43 bits per heavy atom. The molecule has 0 saturated carbocycles. The van der Waals surface area contributed by atoms with Crippen molar-refractivity contribution in [2.24, 2.45) is 0 Å². The predicted octanol–water partition coefficient (Wildman–Crippen LogP) is 1.96. The average Bonchev–Trinajstić information content (AvgIpc) is 2.63. The highest BCUT2D eigenvalue weighted by Crippen LogP contribution is 2.21. The average molecular weight is 275 g/mol. The maximum Gasteiger partial charge on any atom is 0.0701 e. The first-order chi connectivity index (χ1) is 6.84. The van der Waals surface area contributed by atoms with Crippen molar-refractivity contribution in [2.45, 2.75) is 6.42 Å². The molecule has 2 nitrogen and oxygen atoms in total. The summed E-state index contributed by atoms with van der Waals surface area (Å²) in [6, 6.07) is 2.23. The molecule has 1 aromatic heterocycles. The van der Waals surface area contributed by atoms with Crippen molar-refractivity contribution in [3.63, 3.8) is 0 Å². The third kappa shape index (κ3) is 3.05. The Hall–Kier alpha value is 0.1000. The van der Waals surface area contributed by atoms with Gasteiger partial charge in [0.1, 0.15) is 0 Å². The molecule has 0 spiro atoms. The number of hydrogen-bond donors (Lipinski definition) is 1. The van der Waals surface area contributed by atoms with Gasteiger partial charge in [-0.05, 0) is 39.4 Å². The fourth-order valence-electron chi connectivity index (χ4n) is 1.70. The highest BCUT2D eigenvalue weighted by molar-refractivity contribution is 9.11. The summed E-state index contributed by atoms with van der Waals surface area (Å²) in [6.45, 7) is 5.89. The van der Waals surface area contributed by atoms with Gasteiger partial charge in [0.05, 0.1) is 3.79 Å². The number of nitrogens with one attached hydrogen (secondary N) is 1. The Labute approximate surface area is 97.4 Å². The monoisotopic (exact) mass is 274 g/mol. The first-order valence-electron chi connectivity index (χ1n) is 5.00. The van der Waals surface area contributed by atoms with Gasteiger partial charge < -0.3 is 10.2 Å². The molecule has 4 heteroatoms. The minimum atomic E-state index is 1.15. The van der Waals surface area contributed by atoms with Gasteiger partial charge in [-0.2, -0.15) is 0 Å². The lowest BCUT2D eigenvalue weighted by Crippen LogP contribution is -2.44. The molecule has 2 heterocycles. The van der Waals surface area contributed by atoms with Crippen LogP contribution >= 0.6 is 27.3 Å². The number of piperazine rings is 1. The second-order valence-electron chi connectivity index (χ2n) is 3.60. The molecule has 1 aromatic rings. The van der Waals surface area contributed by atoms with Crippen LogP contribution in [-0.4, -0.2) is 37.6 Å². The maximum atomic E-state index is 3.49. The van der Waals surface area contributed by atoms with Crippen LogP contribution in [0.2, 0.25) is 0 Å². The molecular formula is C10H15BrN2S. The quantitative estimate of drug-likeness (QED) is 0.907. The van der Waals surface area contributed by atoms with Crippen molar-refractivity contribution in [1.82, 2.24) is 10.2 Å². The molecule has 0 aromatic carbocycles. The largest absolute Gasteiger partial charge is 0.314 e. The lowest BCUT2D eigenvalue weighted by molar-refractivity contribution is 0.244. The Bertz CT molecular complexity index is 281. The van der Waals surface area contributed by atoms with E-state index in [9.17, 15) is 0 Å². The van der Waals surface area contributed by atoms with Crippen molar-refractivity contribution >= 4 is 27.3 Å². The molecule has 78 valence electrons. The summed E-state index contributed by atoms with van der Waals surface area (Å²) in [4.78, 5) is 2.53. The molecule has 0 atom stereocenters. The van der Waals surface area contributed by atoms with Crippen LogP contribution in [0.5, 0.6) is 0 Å². The first kappa shape index (κ1) is 10.6. The lowest BCUT2D eigenvalue weighted by Gasteiger charge is -2.26. The minimum Gasteiger partial charge on any atom is -0.314 e. The van der Waals surface area contributed by atoms with E-state index in [4.69, 9.17) is 0 Å². The van der Waals surface area contributed by atoms with Gasteiger partial charge in [-0.15, -0.1) is 11.3 Å². The summed E-state index contributed by atoms with van der Waals surface area (Å²) in [5.74, 6) is 0. The zero-order chi connectivity index (χ0) is 9.80. The van der Waals surface area contributed by atoms with Gasteiger partial charge in [-0.25, -0.2) is 0 Å². The smallest absolute Gasteiger partial charge is 0.0701 e. The molecule has 1 aliphatic heterocycles. The minimum absolute atomic E-state index is 1.15. The van der Waals surface area contributed by atoms with Crippen LogP contribution in [0.1, 0.15) is 5.56 Å². The van der Waals surface area contributed by atoms with E-state index in [1.54, 1.807) is 11.3 Å². The highest BCUT2D eigenvalue weighted by atomic mass is 79.9. The van der Waals surface area contributed by atoms with Crippen LogP contribution in [0.25, 0.3) is 0 Å². The van der Waals surface area contributed by atoms with Crippen LogP contribution in [0.3, 0.4) is 0 Å². The van der Waals surface area contributed by atoms with E-state index in [0.29, 0.717) is 0 Å². The zero-order valence-electron chi connectivity index (χ0n) is 8.13. The van der Waals surface area contributed by atoms with Gasteiger partial charge in [0.2, 0.25) is 0 Å². The molecule has 1 fully saturated rings. The van der Waals surface area contributed by atoms with Crippen LogP contribution in [0.4, 0.5) is 0 Å². The fourth-order valence-corrected chi connectivity index (χ4v) is 2.94. The van der Waals surface area contributed by atoms with Crippen LogP contribution in [0, 0.1) is 0 Å². The molecular weight excluding hydrogens is 260 g/mol. The standard InChI is InChI=1S/C10H15BrN2S/c11-10-7-9(8-14-10)1-4-13-5-2-12-3-6-13/h7-8,12H,1-6H2. The molecule has 0 aliphatic carbocycles. The second-order valence-corrected chi connectivity index (χ2v) is 5.89. The maximum absolute atomic E-state index is 3.49. The van der Waals surface area contributed by atoms with Crippen molar-refractivity contribution in [3.05, 3.63) is 20.8 Å². The number of hydrogen-bond acceptors (Lipinski definition) is 3. The molecule has 1 saturated heterocycles. The van der Waals surface area contributed by atoms with Gasteiger partial charge in [0, 0.05) is 32.7 Å². The Morgan fingerprint density at radius 2 is 2.21 bits per heavy atom. The van der Waals surface area contributed by atoms with Gasteiger partial charge >= 0.3 is 0 Å². The lowest BCUT2D eigenvalue weighted by atomic mass is 10.2. The van der Waals surface area contributed by atoms with E-state index >= 15 is 0 Å². The third-order valence-corrected chi connectivity index (χ3v) is 4.10. The first-order valence-corrected chi connectivity index (χ1v) is 6.68. The predicted molar refractivity (Wildman–Crippen MR) is 65.0 cm³/mol. The van der Waals surface area contributed by atoms with Gasteiger partial charge in [0.25, 0.3) is 0 Å². The molecule has 0 bridgehead atoms. The molecule has 0 amide bonds. The fraction of sp³-hybridized carbons (Fsp3) is 0.600. The van der Waals surface area contributed by atoms with Gasteiger partial charge in [-0.3, -0.25) is 0 Å². The van der Waals surface area contributed by atoms with Crippen molar-refractivity contribution in [3.8, 4) is 0 Å². The normalized spacial score (nSPS) is 18.6. The molecule has 0 unspecified atom stereocenters. The van der Waals surface area contributed by atoms with Crippen LogP contribution in [0.15, 0.2) is 15.2 Å². The molecule has 1 N–H and O–H groups in total. The van der Waals surface area contributed by atoms with E-state index in [1.165, 1.54) is 35.4 Å². The Balaban J connectivity index is 1.76. The van der Waals surface area contributed by atoms with Crippen LogP contribution < -0.4 is 5.32 Å². The number of halogens is 1. The second kappa shape index (κ2) is 5.26. The number of rotatable bonds is 3. The van der Waals surface area contributed by atoms with E-state index in [-0.39, 0.29) is 0 Å². The molecule has 2 rings (SSSR count). The highest BCUT2D eigenvalue weighted by Gasteiger charge is 2.09. The summed E-state index contributed by atoms with van der Waals surface area (Å²) in [7, 11) is 0. The zero-order valence-corrected chi connectivity index (χ0v) is 10.5. The Morgan fingerprint density at radius 3 is 2.86 bits per heavy atom. The van der Waals surface area contributed by atoms with Crippen molar-refractivity contribution < 1.29 is 0 Å². The van der Waals surface area contributed by atoms with Crippen LogP contribution in [-0.2, 0) is 6.42 Å². The Kier molecular flexibility index (Phi) is 3.99. The summed E-state index contributed by atoms with van der Waals surface area (Å²) >= 11 is 5.27. The van der Waals surface area contributed by atoms with E-state index in [1.807, 2.05) is 0 Å². The summed E-state index contributed by atoms with van der Waals surface area (Å²) < 4.78 is 1.24.